The van der Waals surface area contributed by atoms with Crippen molar-refractivity contribution in [3.8, 4) is 12.3 Å². The molecule has 1 amide bonds. The van der Waals surface area contributed by atoms with Crippen LogP contribution < -0.4 is 5.32 Å². The molecule has 0 spiro atoms. The van der Waals surface area contributed by atoms with Crippen molar-refractivity contribution >= 4 is 11.9 Å². The molecule has 2 unspecified atom stereocenters. The number of nitrogens with one attached hydrogen (secondary N) is 1. The molecule has 0 rings (SSSR count). The minimum atomic E-state index is -0.968. The first kappa shape index (κ1) is 12.5. The number of terminal acetylenes is 1. The molecule has 0 aliphatic rings. The molecule has 4 heteroatoms. The zero-order chi connectivity index (χ0) is 11.1. The Hall–Kier alpha value is -1.50. The van der Waals surface area contributed by atoms with Crippen molar-refractivity contribution in [2.75, 3.05) is 6.54 Å². The second-order valence-corrected chi connectivity index (χ2v) is 3.16. The van der Waals surface area contributed by atoms with Gasteiger partial charge in [0.15, 0.2) is 0 Å². The lowest BCUT2D eigenvalue weighted by atomic mass is 9.95. The van der Waals surface area contributed by atoms with Gasteiger partial charge < -0.3 is 10.4 Å². The van der Waals surface area contributed by atoms with Crippen LogP contribution in [0.1, 0.15) is 20.3 Å². The third kappa shape index (κ3) is 3.94. The predicted octanol–water partition coefficient (Wildman–Crippen LogP) is 0.483. The van der Waals surface area contributed by atoms with Crippen molar-refractivity contribution in [2.45, 2.75) is 20.3 Å². The molecule has 0 saturated carbocycles. The van der Waals surface area contributed by atoms with Crippen LogP contribution in [0.3, 0.4) is 0 Å². The van der Waals surface area contributed by atoms with Crippen LogP contribution in [-0.4, -0.2) is 23.5 Å². The van der Waals surface area contributed by atoms with Crippen LogP contribution in [0, 0.1) is 24.2 Å². The normalized spacial score (nSPS) is 13.8. The Morgan fingerprint density at radius 2 is 2.00 bits per heavy atom. The van der Waals surface area contributed by atoms with Gasteiger partial charge in [-0.2, -0.15) is 0 Å². The van der Waals surface area contributed by atoms with Gasteiger partial charge in [-0.15, -0.1) is 12.3 Å². The molecule has 0 aromatic heterocycles. The highest BCUT2D eigenvalue weighted by molar-refractivity contribution is 5.84. The van der Waals surface area contributed by atoms with Gasteiger partial charge in [0.2, 0.25) is 5.91 Å². The molecule has 0 saturated heterocycles. The molecule has 0 aliphatic carbocycles. The van der Waals surface area contributed by atoms with Gasteiger partial charge in [0.05, 0.1) is 5.92 Å². The Balaban J connectivity index is 4.00. The zero-order valence-electron chi connectivity index (χ0n) is 8.41. The van der Waals surface area contributed by atoms with E-state index in [1.54, 1.807) is 6.92 Å². The highest BCUT2D eigenvalue weighted by Crippen LogP contribution is 2.10. The molecule has 2 atom stereocenters. The Morgan fingerprint density at radius 3 is 2.43 bits per heavy atom. The molecule has 0 heterocycles. The Bertz CT molecular complexity index is 255. The highest BCUT2D eigenvalue weighted by Gasteiger charge is 2.25. The number of aliphatic carboxylic acids is 1. The van der Waals surface area contributed by atoms with Gasteiger partial charge in [-0.25, -0.2) is 0 Å². The van der Waals surface area contributed by atoms with Gasteiger partial charge in [0, 0.05) is 18.9 Å². The first-order valence-electron chi connectivity index (χ1n) is 4.44. The van der Waals surface area contributed by atoms with Gasteiger partial charge in [0.1, 0.15) is 0 Å². The fourth-order valence-electron chi connectivity index (χ4n) is 0.860. The molecule has 0 radical (unpaired) electrons. The van der Waals surface area contributed by atoms with Gasteiger partial charge in [0.25, 0.3) is 0 Å². The predicted molar refractivity (Wildman–Crippen MR) is 52.4 cm³/mol. The van der Waals surface area contributed by atoms with Crippen molar-refractivity contribution in [2.24, 2.45) is 11.8 Å². The van der Waals surface area contributed by atoms with Crippen LogP contribution in [0.15, 0.2) is 0 Å². The molecular weight excluding hydrogens is 182 g/mol. The van der Waals surface area contributed by atoms with Crippen LogP contribution >= 0.6 is 0 Å². The van der Waals surface area contributed by atoms with E-state index in [0.29, 0.717) is 13.0 Å². The fourth-order valence-corrected chi connectivity index (χ4v) is 0.860. The summed E-state index contributed by atoms with van der Waals surface area (Å²) in [5, 5.41) is 11.2. The molecule has 0 aromatic rings. The SMILES string of the molecule is C#CCCNC(=O)C(C)C(C)C(=O)O. The number of amides is 1. The maximum atomic E-state index is 11.3. The van der Waals surface area contributed by atoms with Crippen LogP contribution in [0.5, 0.6) is 0 Å². The highest BCUT2D eigenvalue weighted by atomic mass is 16.4. The molecule has 78 valence electrons. The van der Waals surface area contributed by atoms with Gasteiger partial charge in [-0.3, -0.25) is 9.59 Å². The Labute approximate surface area is 83.7 Å². The van der Waals surface area contributed by atoms with Crippen LogP contribution in [0.25, 0.3) is 0 Å². The van der Waals surface area contributed by atoms with Crippen LogP contribution in [-0.2, 0) is 9.59 Å². The average molecular weight is 197 g/mol. The van der Waals surface area contributed by atoms with E-state index >= 15 is 0 Å². The molecule has 0 fully saturated rings. The molecule has 0 aliphatic heterocycles. The molecular formula is C10H15NO3. The van der Waals surface area contributed by atoms with Crippen LogP contribution in [0.2, 0.25) is 0 Å². The first-order chi connectivity index (χ1) is 6.50. The monoisotopic (exact) mass is 197 g/mol. The van der Waals surface area contributed by atoms with Gasteiger partial charge >= 0.3 is 5.97 Å². The fraction of sp³-hybridized carbons (Fsp3) is 0.600. The summed E-state index contributed by atoms with van der Waals surface area (Å²) in [4.78, 5) is 21.9. The summed E-state index contributed by atoms with van der Waals surface area (Å²) in [7, 11) is 0. The summed E-state index contributed by atoms with van der Waals surface area (Å²) in [6.45, 7) is 3.49. The Kier molecular flexibility index (Phi) is 5.38. The quantitative estimate of drug-likeness (QED) is 0.497. The lowest BCUT2D eigenvalue weighted by molar-refractivity contribution is -0.146. The number of carbonyl (C=O) groups is 2. The van der Waals surface area contributed by atoms with E-state index in [1.165, 1.54) is 6.92 Å². The van der Waals surface area contributed by atoms with E-state index in [9.17, 15) is 9.59 Å². The number of carbonyl (C=O) groups excluding carboxylic acids is 1. The van der Waals surface area contributed by atoms with Gasteiger partial charge in [-0.1, -0.05) is 13.8 Å². The van der Waals surface area contributed by atoms with E-state index in [-0.39, 0.29) is 5.91 Å². The summed E-state index contributed by atoms with van der Waals surface area (Å²) in [6, 6.07) is 0. The second-order valence-electron chi connectivity index (χ2n) is 3.16. The molecule has 14 heavy (non-hydrogen) atoms. The maximum Gasteiger partial charge on any atom is 0.307 e. The van der Waals surface area contributed by atoms with E-state index in [1.807, 2.05) is 0 Å². The number of hydrogen-bond acceptors (Lipinski definition) is 2. The van der Waals surface area contributed by atoms with E-state index < -0.39 is 17.8 Å². The van der Waals surface area contributed by atoms with Gasteiger partial charge in [-0.05, 0) is 0 Å². The molecule has 0 bridgehead atoms. The minimum Gasteiger partial charge on any atom is -0.481 e. The van der Waals surface area contributed by atoms with Crippen molar-refractivity contribution < 1.29 is 14.7 Å². The first-order valence-corrected chi connectivity index (χ1v) is 4.44. The summed E-state index contributed by atoms with van der Waals surface area (Å²) in [6.07, 6.45) is 5.46. The van der Waals surface area contributed by atoms with E-state index in [0.717, 1.165) is 0 Å². The zero-order valence-corrected chi connectivity index (χ0v) is 8.41. The standard InChI is InChI=1S/C10H15NO3/c1-4-5-6-11-9(12)7(2)8(3)10(13)14/h1,7-8H,5-6H2,2-3H3,(H,11,12)(H,13,14). The topological polar surface area (TPSA) is 66.4 Å². The summed E-state index contributed by atoms with van der Waals surface area (Å²) < 4.78 is 0. The molecule has 0 aromatic carbocycles. The minimum absolute atomic E-state index is 0.268. The summed E-state index contributed by atoms with van der Waals surface area (Å²) >= 11 is 0. The third-order valence-corrected chi connectivity index (χ3v) is 2.12. The number of hydrogen-bond donors (Lipinski definition) is 2. The van der Waals surface area contributed by atoms with E-state index in [2.05, 4.69) is 11.2 Å². The largest absolute Gasteiger partial charge is 0.481 e. The van der Waals surface area contributed by atoms with Crippen molar-refractivity contribution in [1.29, 1.82) is 0 Å². The number of rotatable bonds is 5. The maximum absolute atomic E-state index is 11.3. The van der Waals surface area contributed by atoms with E-state index in [4.69, 9.17) is 11.5 Å². The Morgan fingerprint density at radius 1 is 1.43 bits per heavy atom. The number of carboxylic acid groups (broad SMARTS) is 1. The smallest absolute Gasteiger partial charge is 0.307 e. The summed E-state index contributed by atoms with van der Waals surface area (Å²) in [5.41, 5.74) is 0. The van der Waals surface area contributed by atoms with Crippen molar-refractivity contribution in [3.05, 3.63) is 0 Å². The lowest BCUT2D eigenvalue weighted by Crippen LogP contribution is -2.35. The average Bonchev–Trinajstić information content (AvgIpc) is 2.15. The molecule has 2 N–H and O–H groups in total. The number of carboxylic acids is 1. The third-order valence-electron chi connectivity index (χ3n) is 2.12. The summed E-state index contributed by atoms with van der Waals surface area (Å²) in [5.74, 6) is -0.0700. The van der Waals surface area contributed by atoms with Crippen molar-refractivity contribution in [1.82, 2.24) is 5.32 Å². The lowest BCUT2D eigenvalue weighted by Gasteiger charge is -2.14. The van der Waals surface area contributed by atoms with Crippen LogP contribution in [0.4, 0.5) is 0 Å². The van der Waals surface area contributed by atoms with Crippen molar-refractivity contribution in [3.63, 3.8) is 0 Å². The second kappa shape index (κ2) is 6.03. The molecule has 4 nitrogen and oxygen atoms in total.